The molecule has 0 fully saturated rings. The number of ether oxygens (including phenoxy) is 1. The van der Waals surface area contributed by atoms with Gasteiger partial charge in [0, 0.05) is 25.9 Å². The highest BCUT2D eigenvalue weighted by atomic mass is 16.5. The van der Waals surface area contributed by atoms with E-state index in [1.165, 1.54) is 0 Å². The maximum absolute atomic E-state index is 11.6. The molecule has 4 heteroatoms. The minimum atomic E-state index is 0.0352. The zero-order valence-electron chi connectivity index (χ0n) is 10.2. The highest BCUT2D eigenvalue weighted by molar-refractivity contribution is 5.78. The monoisotopic (exact) mass is 236 g/mol. The molecular weight excluding hydrogens is 216 g/mol. The lowest BCUT2D eigenvalue weighted by atomic mass is 10.1. The average molecular weight is 236 g/mol. The highest BCUT2D eigenvalue weighted by Gasteiger charge is 2.02. The van der Waals surface area contributed by atoms with Crippen LogP contribution < -0.4 is 11.1 Å². The van der Waals surface area contributed by atoms with E-state index in [0.29, 0.717) is 18.7 Å². The summed E-state index contributed by atoms with van der Waals surface area (Å²) in [5, 5.41) is 2.87. The number of amides is 1. The lowest BCUT2D eigenvalue weighted by Gasteiger charge is -2.05. The average Bonchev–Trinajstić information content (AvgIpc) is 2.29. The molecule has 0 aliphatic rings. The predicted octanol–water partition coefficient (Wildman–Crippen LogP) is 1.35. The first-order valence-corrected chi connectivity index (χ1v) is 5.82. The lowest BCUT2D eigenvalue weighted by molar-refractivity contribution is -0.120. The Morgan fingerprint density at radius 1 is 1.41 bits per heavy atom. The van der Waals surface area contributed by atoms with Crippen molar-refractivity contribution in [2.45, 2.75) is 19.3 Å². The number of carbonyl (C=O) groups excluding carboxylic acids is 1. The molecule has 1 amide bonds. The molecular formula is C13H20N2O2. The third-order valence-corrected chi connectivity index (χ3v) is 2.41. The fraction of sp³-hybridized carbons (Fsp3) is 0.462. The van der Waals surface area contributed by atoms with Gasteiger partial charge >= 0.3 is 0 Å². The van der Waals surface area contributed by atoms with Gasteiger partial charge in [-0.3, -0.25) is 4.79 Å². The van der Waals surface area contributed by atoms with E-state index in [1.807, 2.05) is 24.3 Å². The molecule has 0 aromatic heterocycles. The van der Waals surface area contributed by atoms with Crippen LogP contribution in [0.15, 0.2) is 24.3 Å². The van der Waals surface area contributed by atoms with Crippen LogP contribution in [0.1, 0.15) is 18.4 Å². The fourth-order valence-electron chi connectivity index (χ4n) is 1.55. The molecule has 1 aromatic carbocycles. The molecule has 1 rings (SSSR count). The predicted molar refractivity (Wildman–Crippen MR) is 68.7 cm³/mol. The standard InChI is InChI=1S/C13H20N2O2/c1-17-8-3-2-7-15-13(16)10-11-5-4-6-12(14)9-11/h4-6,9H,2-3,7-8,10,14H2,1H3,(H,15,16). The van der Waals surface area contributed by atoms with Gasteiger partial charge in [0.05, 0.1) is 6.42 Å². The Hall–Kier alpha value is -1.55. The molecule has 0 aliphatic carbocycles. The second kappa shape index (κ2) is 7.68. The Morgan fingerprint density at radius 3 is 2.94 bits per heavy atom. The first-order valence-electron chi connectivity index (χ1n) is 5.82. The van der Waals surface area contributed by atoms with Crippen LogP contribution in [-0.4, -0.2) is 26.2 Å². The van der Waals surface area contributed by atoms with E-state index in [1.54, 1.807) is 7.11 Å². The number of anilines is 1. The van der Waals surface area contributed by atoms with Gasteiger partial charge in [-0.2, -0.15) is 0 Å². The van der Waals surface area contributed by atoms with E-state index in [9.17, 15) is 4.79 Å². The van der Waals surface area contributed by atoms with E-state index in [2.05, 4.69) is 5.32 Å². The second-order valence-corrected chi connectivity index (χ2v) is 3.97. The minimum absolute atomic E-state index is 0.0352. The molecule has 1 aromatic rings. The summed E-state index contributed by atoms with van der Waals surface area (Å²) in [5.74, 6) is 0.0352. The van der Waals surface area contributed by atoms with E-state index < -0.39 is 0 Å². The molecule has 0 saturated heterocycles. The molecule has 0 saturated carbocycles. The fourth-order valence-corrected chi connectivity index (χ4v) is 1.55. The van der Waals surface area contributed by atoms with Crippen LogP contribution in [0, 0.1) is 0 Å². The van der Waals surface area contributed by atoms with Crippen molar-refractivity contribution in [2.24, 2.45) is 0 Å². The molecule has 17 heavy (non-hydrogen) atoms. The maximum Gasteiger partial charge on any atom is 0.224 e. The molecule has 0 atom stereocenters. The summed E-state index contributed by atoms with van der Waals surface area (Å²) in [7, 11) is 1.68. The third kappa shape index (κ3) is 5.92. The molecule has 0 radical (unpaired) electrons. The van der Waals surface area contributed by atoms with Gasteiger partial charge < -0.3 is 15.8 Å². The minimum Gasteiger partial charge on any atom is -0.399 e. The summed E-state index contributed by atoms with van der Waals surface area (Å²) in [6.45, 7) is 1.44. The first kappa shape index (κ1) is 13.5. The Morgan fingerprint density at radius 2 is 2.24 bits per heavy atom. The number of rotatable bonds is 7. The van der Waals surface area contributed by atoms with Crippen LogP contribution in [-0.2, 0) is 16.0 Å². The number of methoxy groups -OCH3 is 1. The number of unbranched alkanes of at least 4 members (excludes halogenated alkanes) is 1. The summed E-state index contributed by atoms with van der Waals surface area (Å²) in [4.78, 5) is 11.6. The van der Waals surface area contributed by atoms with Crippen molar-refractivity contribution in [3.8, 4) is 0 Å². The summed E-state index contributed by atoms with van der Waals surface area (Å²) < 4.78 is 4.93. The van der Waals surface area contributed by atoms with Crippen molar-refractivity contribution in [3.05, 3.63) is 29.8 Å². The molecule has 94 valence electrons. The Bertz CT molecular complexity index is 353. The number of hydrogen-bond donors (Lipinski definition) is 2. The molecule has 0 spiro atoms. The van der Waals surface area contributed by atoms with Crippen molar-refractivity contribution >= 4 is 11.6 Å². The molecule has 0 heterocycles. The Balaban J connectivity index is 2.21. The second-order valence-electron chi connectivity index (χ2n) is 3.97. The number of carbonyl (C=O) groups is 1. The van der Waals surface area contributed by atoms with E-state index in [0.717, 1.165) is 25.0 Å². The van der Waals surface area contributed by atoms with Crippen LogP contribution in [0.25, 0.3) is 0 Å². The Kier molecular flexibility index (Phi) is 6.10. The molecule has 4 nitrogen and oxygen atoms in total. The number of nitrogen functional groups attached to an aromatic ring is 1. The van der Waals surface area contributed by atoms with Gasteiger partial charge in [0.2, 0.25) is 5.91 Å². The topological polar surface area (TPSA) is 64.3 Å². The smallest absolute Gasteiger partial charge is 0.224 e. The summed E-state index contributed by atoms with van der Waals surface area (Å²) >= 11 is 0. The van der Waals surface area contributed by atoms with Gasteiger partial charge in [-0.1, -0.05) is 12.1 Å². The van der Waals surface area contributed by atoms with Gasteiger partial charge in [-0.25, -0.2) is 0 Å². The van der Waals surface area contributed by atoms with Gasteiger partial charge in [0.1, 0.15) is 0 Å². The number of benzene rings is 1. The Labute approximate surface area is 102 Å². The maximum atomic E-state index is 11.6. The summed E-state index contributed by atoms with van der Waals surface area (Å²) in [6, 6.07) is 7.40. The quantitative estimate of drug-likeness (QED) is 0.555. The van der Waals surface area contributed by atoms with Gasteiger partial charge in [0.25, 0.3) is 0 Å². The van der Waals surface area contributed by atoms with Gasteiger partial charge in [0.15, 0.2) is 0 Å². The van der Waals surface area contributed by atoms with E-state index in [-0.39, 0.29) is 5.91 Å². The van der Waals surface area contributed by atoms with Crippen molar-refractivity contribution < 1.29 is 9.53 Å². The zero-order chi connectivity index (χ0) is 12.5. The first-order chi connectivity index (χ1) is 8.22. The molecule has 0 bridgehead atoms. The van der Waals surface area contributed by atoms with Gasteiger partial charge in [-0.05, 0) is 30.5 Å². The van der Waals surface area contributed by atoms with E-state index in [4.69, 9.17) is 10.5 Å². The van der Waals surface area contributed by atoms with Gasteiger partial charge in [-0.15, -0.1) is 0 Å². The largest absolute Gasteiger partial charge is 0.399 e. The van der Waals surface area contributed by atoms with Crippen LogP contribution in [0.2, 0.25) is 0 Å². The van der Waals surface area contributed by atoms with Crippen molar-refractivity contribution in [1.29, 1.82) is 0 Å². The van der Waals surface area contributed by atoms with Crippen LogP contribution in [0.5, 0.6) is 0 Å². The molecule has 0 unspecified atom stereocenters. The number of hydrogen-bond acceptors (Lipinski definition) is 3. The van der Waals surface area contributed by atoms with Crippen molar-refractivity contribution in [3.63, 3.8) is 0 Å². The highest BCUT2D eigenvalue weighted by Crippen LogP contribution is 2.06. The number of nitrogens with two attached hydrogens (primary N) is 1. The normalized spacial score (nSPS) is 10.2. The molecule has 0 aliphatic heterocycles. The molecule has 3 N–H and O–H groups in total. The van der Waals surface area contributed by atoms with Crippen LogP contribution in [0.4, 0.5) is 5.69 Å². The van der Waals surface area contributed by atoms with Crippen LogP contribution >= 0.6 is 0 Å². The summed E-state index contributed by atoms with van der Waals surface area (Å²) in [6.07, 6.45) is 2.29. The number of nitrogens with one attached hydrogen (secondary N) is 1. The summed E-state index contributed by atoms with van der Waals surface area (Å²) in [5.41, 5.74) is 7.28. The van der Waals surface area contributed by atoms with Crippen LogP contribution in [0.3, 0.4) is 0 Å². The SMILES string of the molecule is COCCCCNC(=O)Cc1cccc(N)c1. The van der Waals surface area contributed by atoms with E-state index >= 15 is 0 Å². The lowest BCUT2D eigenvalue weighted by Crippen LogP contribution is -2.26. The zero-order valence-corrected chi connectivity index (χ0v) is 10.2. The third-order valence-electron chi connectivity index (χ3n) is 2.41. The van der Waals surface area contributed by atoms with Crippen molar-refractivity contribution in [2.75, 3.05) is 26.0 Å². The van der Waals surface area contributed by atoms with Crippen molar-refractivity contribution in [1.82, 2.24) is 5.32 Å².